The van der Waals surface area contributed by atoms with Gasteiger partial charge in [-0.2, -0.15) is 5.26 Å². The molecule has 0 spiro atoms. The number of methoxy groups -OCH3 is 1. The number of fused-ring (bicyclic) bond motifs is 1. The van der Waals surface area contributed by atoms with Crippen LogP contribution >= 0.6 is 0 Å². The molecule has 0 unspecified atom stereocenters. The molecule has 0 radical (unpaired) electrons. The number of benzene rings is 2. The molecular weight excluding hydrogens is 458 g/mol. The fraction of sp³-hybridized carbons (Fsp3) is 0.407. The highest BCUT2D eigenvalue weighted by molar-refractivity contribution is 5.85. The fourth-order valence-corrected chi connectivity index (χ4v) is 4.35. The SMILES string of the molecule is CCOc1ccccc1N1CCN(c2nc3ccccc3nc2[C@H](C#N)C(=O)O[C@H](C)COC)CC1. The molecule has 0 amide bonds. The molecule has 188 valence electrons. The number of piperazine rings is 1. The Kier molecular flexibility index (Phi) is 8.18. The molecule has 2 heterocycles. The second-order valence-electron chi connectivity index (χ2n) is 8.56. The molecule has 0 aliphatic carbocycles. The number of nitriles is 1. The molecule has 4 rings (SSSR count). The summed E-state index contributed by atoms with van der Waals surface area (Å²) >= 11 is 0. The lowest BCUT2D eigenvalue weighted by atomic mass is 10.1. The zero-order valence-corrected chi connectivity index (χ0v) is 20.9. The van der Waals surface area contributed by atoms with Crippen molar-refractivity contribution in [1.29, 1.82) is 5.26 Å². The molecule has 9 heteroatoms. The summed E-state index contributed by atoms with van der Waals surface area (Å²) in [7, 11) is 1.53. The van der Waals surface area contributed by atoms with Gasteiger partial charge in [0, 0.05) is 33.3 Å². The number of carbonyl (C=O) groups excluding carboxylic acids is 1. The fourth-order valence-electron chi connectivity index (χ4n) is 4.35. The molecule has 0 bridgehead atoms. The van der Waals surface area contributed by atoms with Gasteiger partial charge in [0.1, 0.15) is 17.5 Å². The highest BCUT2D eigenvalue weighted by atomic mass is 16.6. The number of hydrogen-bond acceptors (Lipinski definition) is 9. The first kappa shape index (κ1) is 25.2. The lowest BCUT2D eigenvalue weighted by Crippen LogP contribution is -2.47. The highest BCUT2D eigenvalue weighted by Crippen LogP contribution is 2.32. The number of nitrogens with zero attached hydrogens (tertiary/aromatic N) is 5. The van der Waals surface area contributed by atoms with Crippen molar-refractivity contribution in [2.75, 3.05) is 56.3 Å². The van der Waals surface area contributed by atoms with Gasteiger partial charge in [-0.25, -0.2) is 9.97 Å². The van der Waals surface area contributed by atoms with Gasteiger partial charge in [0.15, 0.2) is 11.7 Å². The molecule has 3 aromatic rings. The third kappa shape index (κ3) is 5.50. The van der Waals surface area contributed by atoms with Crippen molar-refractivity contribution in [3.63, 3.8) is 0 Å². The van der Waals surface area contributed by atoms with Gasteiger partial charge in [0.2, 0.25) is 0 Å². The molecule has 0 N–H and O–H groups in total. The van der Waals surface area contributed by atoms with Crippen LogP contribution in [-0.4, -0.2) is 68.5 Å². The van der Waals surface area contributed by atoms with Crippen LogP contribution in [0.15, 0.2) is 48.5 Å². The topological polar surface area (TPSA) is 101 Å². The number of para-hydroxylation sites is 4. The molecule has 2 atom stereocenters. The number of aromatic nitrogens is 2. The van der Waals surface area contributed by atoms with E-state index in [1.807, 2.05) is 49.4 Å². The van der Waals surface area contributed by atoms with Gasteiger partial charge in [-0.15, -0.1) is 0 Å². The molecule has 1 aliphatic rings. The lowest BCUT2D eigenvalue weighted by Gasteiger charge is -2.38. The zero-order valence-electron chi connectivity index (χ0n) is 20.9. The maximum absolute atomic E-state index is 13.0. The van der Waals surface area contributed by atoms with Crippen molar-refractivity contribution in [1.82, 2.24) is 9.97 Å². The first-order valence-corrected chi connectivity index (χ1v) is 12.1. The lowest BCUT2D eigenvalue weighted by molar-refractivity contribution is -0.150. The maximum atomic E-state index is 13.0. The molecule has 36 heavy (non-hydrogen) atoms. The van der Waals surface area contributed by atoms with E-state index in [-0.39, 0.29) is 6.61 Å². The zero-order chi connectivity index (χ0) is 25.5. The van der Waals surface area contributed by atoms with Crippen molar-refractivity contribution >= 4 is 28.5 Å². The Balaban J connectivity index is 1.62. The molecular formula is C27H31N5O4. The third-order valence-electron chi connectivity index (χ3n) is 6.02. The predicted molar refractivity (Wildman–Crippen MR) is 137 cm³/mol. The van der Waals surface area contributed by atoms with Crippen LogP contribution in [0, 0.1) is 11.3 Å². The monoisotopic (exact) mass is 489 g/mol. The van der Waals surface area contributed by atoms with E-state index in [0.717, 1.165) is 24.5 Å². The van der Waals surface area contributed by atoms with Gasteiger partial charge >= 0.3 is 5.97 Å². The summed E-state index contributed by atoms with van der Waals surface area (Å²) in [6.45, 7) is 7.28. The largest absolute Gasteiger partial charge is 0.492 e. The minimum atomic E-state index is -1.20. The van der Waals surface area contributed by atoms with Crippen LogP contribution in [0.4, 0.5) is 11.5 Å². The number of rotatable bonds is 9. The maximum Gasteiger partial charge on any atom is 0.330 e. The third-order valence-corrected chi connectivity index (χ3v) is 6.02. The molecule has 9 nitrogen and oxygen atoms in total. The number of carbonyl (C=O) groups is 1. The standard InChI is InChI=1S/C27H31N5O4/c1-4-35-24-12-8-7-11-23(24)31-13-15-32(16-14-31)26-25(29-21-9-5-6-10-22(21)30-26)20(17-28)27(33)36-19(2)18-34-3/h5-12,19-20H,4,13-16,18H2,1-3H3/t19-,20+/m1/s1. The number of ether oxygens (including phenoxy) is 3. The Labute approximate surface area is 211 Å². The van der Waals surface area contributed by atoms with E-state index in [1.54, 1.807) is 6.92 Å². The van der Waals surface area contributed by atoms with Crippen LogP contribution in [0.5, 0.6) is 5.75 Å². The van der Waals surface area contributed by atoms with Crippen LogP contribution in [0.2, 0.25) is 0 Å². The Morgan fingerprint density at radius 3 is 2.33 bits per heavy atom. The molecule has 1 saturated heterocycles. The van der Waals surface area contributed by atoms with Crippen LogP contribution in [0.1, 0.15) is 25.5 Å². The van der Waals surface area contributed by atoms with Gasteiger partial charge < -0.3 is 24.0 Å². The van der Waals surface area contributed by atoms with Crippen molar-refractivity contribution in [2.24, 2.45) is 0 Å². The Morgan fingerprint density at radius 2 is 1.67 bits per heavy atom. The van der Waals surface area contributed by atoms with Gasteiger partial charge in [-0.05, 0) is 38.1 Å². The molecule has 1 aromatic heterocycles. The molecule has 1 aliphatic heterocycles. The van der Waals surface area contributed by atoms with Crippen molar-refractivity contribution in [3.05, 3.63) is 54.2 Å². The predicted octanol–water partition coefficient (Wildman–Crippen LogP) is 3.54. The van der Waals surface area contributed by atoms with Crippen molar-refractivity contribution in [3.8, 4) is 11.8 Å². The highest BCUT2D eigenvalue weighted by Gasteiger charge is 2.32. The Hall–Kier alpha value is -3.90. The van der Waals surface area contributed by atoms with E-state index in [4.69, 9.17) is 24.2 Å². The second-order valence-corrected chi connectivity index (χ2v) is 8.56. The quantitative estimate of drug-likeness (QED) is 0.418. The van der Waals surface area contributed by atoms with E-state index in [0.29, 0.717) is 42.2 Å². The average Bonchev–Trinajstić information content (AvgIpc) is 2.89. The van der Waals surface area contributed by atoms with E-state index in [9.17, 15) is 10.1 Å². The second kappa shape index (κ2) is 11.7. The summed E-state index contributed by atoms with van der Waals surface area (Å²) in [5.41, 5.74) is 2.69. The van der Waals surface area contributed by atoms with Crippen LogP contribution in [0.3, 0.4) is 0 Å². The summed E-state index contributed by atoms with van der Waals surface area (Å²) in [4.78, 5) is 26.9. The van der Waals surface area contributed by atoms with Crippen molar-refractivity contribution in [2.45, 2.75) is 25.9 Å². The van der Waals surface area contributed by atoms with Gasteiger partial charge in [0.25, 0.3) is 0 Å². The first-order valence-electron chi connectivity index (χ1n) is 12.1. The van der Waals surface area contributed by atoms with Crippen LogP contribution < -0.4 is 14.5 Å². The first-order chi connectivity index (χ1) is 17.5. The normalized spacial score (nSPS) is 15.3. The minimum absolute atomic E-state index is 0.241. The summed E-state index contributed by atoms with van der Waals surface area (Å²) < 4.78 is 16.3. The van der Waals surface area contributed by atoms with Crippen molar-refractivity contribution < 1.29 is 19.0 Å². The summed E-state index contributed by atoms with van der Waals surface area (Å²) in [5, 5.41) is 9.97. The summed E-state index contributed by atoms with van der Waals surface area (Å²) in [5.74, 6) is -0.461. The van der Waals surface area contributed by atoms with E-state index >= 15 is 0 Å². The smallest absolute Gasteiger partial charge is 0.330 e. The van der Waals surface area contributed by atoms with Gasteiger partial charge in [-0.1, -0.05) is 24.3 Å². The number of esters is 1. The van der Waals surface area contributed by atoms with Crippen LogP contribution in [-0.2, 0) is 14.3 Å². The summed E-state index contributed by atoms with van der Waals surface area (Å²) in [6.07, 6.45) is -0.482. The average molecular weight is 490 g/mol. The van der Waals surface area contributed by atoms with Crippen LogP contribution in [0.25, 0.3) is 11.0 Å². The van der Waals surface area contributed by atoms with E-state index < -0.39 is 18.0 Å². The van der Waals surface area contributed by atoms with Gasteiger partial charge in [0.05, 0.1) is 36.0 Å². The minimum Gasteiger partial charge on any atom is -0.492 e. The number of hydrogen-bond donors (Lipinski definition) is 0. The Bertz CT molecular complexity index is 1240. The molecule has 1 fully saturated rings. The van der Waals surface area contributed by atoms with E-state index in [1.165, 1.54) is 7.11 Å². The molecule has 2 aromatic carbocycles. The van der Waals surface area contributed by atoms with Gasteiger partial charge in [-0.3, -0.25) is 4.79 Å². The molecule has 0 saturated carbocycles. The summed E-state index contributed by atoms with van der Waals surface area (Å²) in [6, 6.07) is 17.6. The van der Waals surface area contributed by atoms with E-state index in [2.05, 4.69) is 21.9 Å². The number of anilines is 2. The Morgan fingerprint density at radius 1 is 1.03 bits per heavy atom.